The van der Waals surface area contributed by atoms with Gasteiger partial charge in [-0.15, -0.1) is 0 Å². The second-order valence-corrected chi connectivity index (χ2v) is 6.45. The standard InChI is InChI=1S/C18H20N4O2/c1-20-9-5-13(6-10-20)21-11-7-14-15(21)3-2-4-16(14)22-12-8-17(23)19-18(22)24/h2-4,7-8,11-13H,5-6,9-10H2,1H3,(H,19,23,24). The first-order chi connectivity index (χ1) is 11.6. The lowest BCUT2D eigenvalue weighted by atomic mass is 10.1. The highest BCUT2D eigenvalue weighted by Gasteiger charge is 2.20. The Kier molecular flexibility index (Phi) is 3.61. The Labute approximate surface area is 139 Å². The summed E-state index contributed by atoms with van der Waals surface area (Å²) >= 11 is 0. The van der Waals surface area contributed by atoms with Crippen LogP contribution in [0.3, 0.4) is 0 Å². The van der Waals surface area contributed by atoms with E-state index in [9.17, 15) is 9.59 Å². The number of hydrogen-bond donors (Lipinski definition) is 1. The molecule has 1 aliphatic heterocycles. The molecule has 24 heavy (non-hydrogen) atoms. The number of piperidine rings is 1. The second kappa shape index (κ2) is 5.79. The fraction of sp³-hybridized carbons (Fsp3) is 0.333. The molecule has 4 rings (SSSR count). The first-order valence-electron chi connectivity index (χ1n) is 8.24. The average Bonchev–Trinajstić information content (AvgIpc) is 3.00. The molecule has 0 radical (unpaired) electrons. The number of nitrogens with one attached hydrogen (secondary N) is 1. The normalized spacial score (nSPS) is 16.7. The van der Waals surface area contributed by atoms with Crippen LogP contribution >= 0.6 is 0 Å². The summed E-state index contributed by atoms with van der Waals surface area (Å²) in [5.74, 6) is 0. The molecule has 0 atom stereocenters. The van der Waals surface area contributed by atoms with Gasteiger partial charge in [0.15, 0.2) is 0 Å². The van der Waals surface area contributed by atoms with Gasteiger partial charge < -0.3 is 9.47 Å². The van der Waals surface area contributed by atoms with Crippen molar-refractivity contribution < 1.29 is 0 Å². The van der Waals surface area contributed by atoms with E-state index in [-0.39, 0.29) is 5.56 Å². The summed E-state index contributed by atoms with van der Waals surface area (Å²) in [5, 5.41) is 1.02. The molecule has 0 saturated carbocycles. The van der Waals surface area contributed by atoms with Gasteiger partial charge in [0.2, 0.25) is 0 Å². The van der Waals surface area contributed by atoms with Gasteiger partial charge in [0.25, 0.3) is 5.56 Å². The smallest absolute Gasteiger partial charge is 0.332 e. The van der Waals surface area contributed by atoms with Crippen molar-refractivity contribution in [3.05, 3.63) is 63.6 Å². The minimum Gasteiger partial charge on any atom is -0.344 e. The third kappa shape index (κ3) is 2.49. The molecule has 2 aromatic heterocycles. The summed E-state index contributed by atoms with van der Waals surface area (Å²) < 4.78 is 3.81. The van der Waals surface area contributed by atoms with Gasteiger partial charge >= 0.3 is 5.69 Å². The molecule has 0 aliphatic carbocycles. The first-order valence-corrected chi connectivity index (χ1v) is 8.24. The van der Waals surface area contributed by atoms with Crippen molar-refractivity contribution in [2.24, 2.45) is 0 Å². The van der Waals surface area contributed by atoms with Gasteiger partial charge in [-0.25, -0.2) is 4.79 Å². The molecular weight excluding hydrogens is 304 g/mol. The molecule has 0 bridgehead atoms. The number of aromatic nitrogens is 3. The van der Waals surface area contributed by atoms with Gasteiger partial charge in [0, 0.05) is 29.9 Å². The third-order valence-corrected chi connectivity index (χ3v) is 4.91. The van der Waals surface area contributed by atoms with E-state index < -0.39 is 5.69 Å². The lowest BCUT2D eigenvalue weighted by molar-refractivity contribution is 0.224. The van der Waals surface area contributed by atoms with Gasteiger partial charge in [-0.3, -0.25) is 14.3 Å². The quantitative estimate of drug-likeness (QED) is 0.781. The molecule has 1 saturated heterocycles. The molecule has 1 fully saturated rings. The molecule has 0 amide bonds. The van der Waals surface area contributed by atoms with Crippen LogP contribution in [0.5, 0.6) is 0 Å². The fourth-order valence-electron chi connectivity index (χ4n) is 3.58. The Bertz CT molecular complexity index is 990. The summed E-state index contributed by atoms with van der Waals surface area (Å²) in [4.78, 5) is 28.1. The largest absolute Gasteiger partial charge is 0.344 e. The van der Waals surface area contributed by atoms with Crippen molar-refractivity contribution in [2.45, 2.75) is 18.9 Å². The number of nitrogens with zero attached hydrogens (tertiary/aromatic N) is 3. The highest BCUT2D eigenvalue weighted by molar-refractivity contribution is 5.88. The van der Waals surface area contributed by atoms with Crippen LogP contribution in [0.15, 0.2) is 52.3 Å². The van der Waals surface area contributed by atoms with E-state index in [0.29, 0.717) is 6.04 Å². The van der Waals surface area contributed by atoms with Gasteiger partial charge in [-0.2, -0.15) is 0 Å². The number of fused-ring (bicyclic) bond motifs is 1. The number of hydrogen-bond acceptors (Lipinski definition) is 3. The molecule has 1 aromatic carbocycles. The van der Waals surface area contributed by atoms with Crippen molar-refractivity contribution >= 4 is 10.9 Å². The Balaban J connectivity index is 1.82. The maximum Gasteiger partial charge on any atom is 0.332 e. The van der Waals surface area contributed by atoms with Gasteiger partial charge in [0.05, 0.1) is 11.2 Å². The average molecular weight is 324 g/mol. The van der Waals surface area contributed by atoms with Crippen LogP contribution in [-0.2, 0) is 0 Å². The predicted octanol–water partition coefficient (Wildman–Crippen LogP) is 1.75. The Morgan fingerprint density at radius 1 is 1.04 bits per heavy atom. The van der Waals surface area contributed by atoms with Crippen LogP contribution in [0, 0.1) is 0 Å². The summed E-state index contributed by atoms with van der Waals surface area (Å²) in [7, 11) is 2.16. The van der Waals surface area contributed by atoms with E-state index in [0.717, 1.165) is 42.5 Å². The minimum absolute atomic E-state index is 0.382. The van der Waals surface area contributed by atoms with Crippen molar-refractivity contribution in [1.82, 2.24) is 19.0 Å². The van der Waals surface area contributed by atoms with Crippen LogP contribution in [-0.4, -0.2) is 39.2 Å². The van der Waals surface area contributed by atoms with E-state index in [1.807, 2.05) is 12.1 Å². The van der Waals surface area contributed by atoms with E-state index in [1.165, 1.54) is 16.8 Å². The zero-order valence-electron chi connectivity index (χ0n) is 13.6. The Morgan fingerprint density at radius 2 is 1.83 bits per heavy atom. The summed E-state index contributed by atoms with van der Waals surface area (Å²) in [6, 6.07) is 9.87. The van der Waals surface area contributed by atoms with Crippen molar-refractivity contribution in [3.63, 3.8) is 0 Å². The molecule has 0 spiro atoms. The number of H-pyrrole nitrogens is 1. The van der Waals surface area contributed by atoms with Crippen LogP contribution in [0.1, 0.15) is 18.9 Å². The van der Waals surface area contributed by atoms with Gasteiger partial charge in [-0.05, 0) is 51.2 Å². The van der Waals surface area contributed by atoms with Gasteiger partial charge in [0.1, 0.15) is 0 Å². The van der Waals surface area contributed by atoms with E-state index in [2.05, 4.69) is 39.8 Å². The molecule has 0 unspecified atom stereocenters. The van der Waals surface area contributed by atoms with Crippen molar-refractivity contribution in [3.8, 4) is 5.69 Å². The molecule has 3 heterocycles. The molecule has 3 aromatic rings. The maximum atomic E-state index is 12.1. The SMILES string of the molecule is CN1CCC(n2ccc3c(-n4ccc(=O)[nH]c4=O)cccc32)CC1. The summed E-state index contributed by atoms with van der Waals surface area (Å²) in [5.41, 5.74) is 1.12. The molecule has 6 heteroatoms. The number of aromatic amines is 1. The summed E-state index contributed by atoms with van der Waals surface area (Å²) in [6.07, 6.45) is 5.90. The fourth-order valence-corrected chi connectivity index (χ4v) is 3.58. The van der Waals surface area contributed by atoms with Crippen molar-refractivity contribution in [1.29, 1.82) is 0 Å². The summed E-state index contributed by atoms with van der Waals surface area (Å²) in [6.45, 7) is 2.20. The third-order valence-electron chi connectivity index (χ3n) is 4.91. The first kappa shape index (κ1) is 15.0. The van der Waals surface area contributed by atoms with E-state index in [4.69, 9.17) is 0 Å². The highest BCUT2D eigenvalue weighted by atomic mass is 16.2. The Hall–Kier alpha value is -2.60. The number of benzene rings is 1. The maximum absolute atomic E-state index is 12.1. The van der Waals surface area contributed by atoms with Crippen LogP contribution in [0.2, 0.25) is 0 Å². The van der Waals surface area contributed by atoms with Gasteiger partial charge in [-0.1, -0.05) is 6.07 Å². The molecule has 1 N–H and O–H groups in total. The number of rotatable bonds is 2. The Morgan fingerprint density at radius 3 is 2.58 bits per heavy atom. The van der Waals surface area contributed by atoms with Crippen LogP contribution in [0.25, 0.3) is 16.6 Å². The van der Waals surface area contributed by atoms with Crippen LogP contribution in [0.4, 0.5) is 0 Å². The molecule has 124 valence electrons. The number of likely N-dealkylation sites (tertiary alicyclic amines) is 1. The molecule has 6 nitrogen and oxygen atoms in total. The minimum atomic E-state index is -0.415. The zero-order chi connectivity index (χ0) is 16.7. The van der Waals surface area contributed by atoms with Crippen molar-refractivity contribution in [2.75, 3.05) is 20.1 Å². The second-order valence-electron chi connectivity index (χ2n) is 6.45. The molecular formula is C18H20N4O2. The van der Waals surface area contributed by atoms with E-state index in [1.54, 1.807) is 0 Å². The lowest BCUT2D eigenvalue weighted by Crippen LogP contribution is -2.31. The highest BCUT2D eigenvalue weighted by Crippen LogP contribution is 2.29. The molecule has 1 aliphatic rings. The topological polar surface area (TPSA) is 63.0 Å². The monoisotopic (exact) mass is 324 g/mol. The van der Waals surface area contributed by atoms with E-state index >= 15 is 0 Å². The predicted molar refractivity (Wildman–Crippen MR) is 93.9 cm³/mol. The zero-order valence-corrected chi connectivity index (χ0v) is 13.6. The lowest BCUT2D eigenvalue weighted by Gasteiger charge is -2.30. The van der Waals surface area contributed by atoms with Crippen LogP contribution < -0.4 is 11.2 Å².